The Labute approximate surface area is 127 Å². The SMILES string of the molecule is C[C@H]1CC(=O)C2=C(C1)OC(N)=C(C#N)[C@@H]2c1ccccc1F. The van der Waals surface area contributed by atoms with E-state index in [4.69, 9.17) is 10.5 Å². The molecule has 0 spiro atoms. The highest BCUT2D eigenvalue weighted by Crippen LogP contribution is 2.44. The van der Waals surface area contributed by atoms with Crippen LogP contribution in [0.5, 0.6) is 0 Å². The van der Waals surface area contributed by atoms with Gasteiger partial charge in [-0.1, -0.05) is 25.1 Å². The average molecular weight is 298 g/mol. The second-order valence-electron chi connectivity index (χ2n) is 5.72. The van der Waals surface area contributed by atoms with E-state index >= 15 is 0 Å². The maximum absolute atomic E-state index is 14.2. The molecule has 3 rings (SSSR count). The monoisotopic (exact) mass is 298 g/mol. The van der Waals surface area contributed by atoms with Crippen LogP contribution in [0.15, 0.2) is 47.1 Å². The zero-order valence-corrected chi connectivity index (χ0v) is 12.1. The second kappa shape index (κ2) is 5.30. The van der Waals surface area contributed by atoms with Crippen LogP contribution in [0.3, 0.4) is 0 Å². The second-order valence-corrected chi connectivity index (χ2v) is 5.72. The number of allylic oxidation sites excluding steroid dienone is 3. The number of nitrogens with zero attached hydrogens (tertiary/aromatic N) is 1. The number of Topliss-reactive ketones (excluding diaryl/α,β-unsaturated/α-hetero) is 1. The summed E-state index contributed by atoms with van der Waals surface area (Å²) in [6.07, 6.45) is 0.928. The molecule has 0 unspecified atom stereocenters. The summed E-state index contributed by atoms with van der Waals surface area (Å²) in [5.41, 5.74) is 6.57. The van der Waals surface area contributed by atoms with Gasteiger partial charge in [-0.05, 0) is 12.0 Å². The summed E-state index contributed by atoms with van der Waals surface area (Å²) < 4.78 is 19.7. The van der Waals surface area contributed by atoms with Crippen molar-refractivity contribution < 1.29 is 13.9 Å². The zero-order valence-electron chi connectivity index (χ0n) is 12.1. The summed E-state index contributed by atoms with van der Waals surface area (Å²) >= 11 is 0. The summed E-state index contributed by atoms with van der Waals surface area (Å²) in [4.78, 5) is 12.5. The third kappa shape index (κ3) is 2.17. The molecule has 5 heteroatoms. The molecule has 0 saturated heterocycles. The van der Waals surface area contributed by atoms with E-state index in [1.54, 1.807) is 18.2 Å². The minimum absolute atomic E-state index is 0.0450. The van der Waals surface area contributed by atoms with Crippen molar-refractivity contribution in [1.29, 1.82) is 5.26 Å². The largest absolute Gasteiger partial charge is 0.444 e. The van der Waals surface area contributed by atoms with E-state index < -0.39 is 11.7 Å². The van der Waals surface area contributed by atoms with Crippen LogP contribution in [-0.4, -0.2) is 5.78 Å². The third-order valence-electron chi connectivity index (χ3n) is 4.08. The number of ether oxygens (including phenoxy) is 1. The highest BCUT2D eigenvalue weighted by Gasteiger charge is 2.40. The summed E-state index contributed by atoms with van der Waals surface area (Å²) in [6.45, 7) is 1.95. The fourth-order valence-electron chi connectivity index (χ4n) is 3.11. The van der Waals surface area contributed by atoms with Crippen molar-refractivity contribution >= 4 is 5.78 Å². The number of hydrogen-bond acceptors (Lipinski definition) is 4. The van der Waals surface area contributed by atoms with Crippen molar-refractivity contribution in [2.24, 2.45) is 11.7 Å². The number of halogens is 1. The van der Waals surface area contributed by atoms with E-state index in [9.17, 15) is 14.4 Å². The van der Waals surface area contributed by atoms with Crippen LogP contribution in [0.1, 0.15) is 31.2 Å². The number of carbonyl (C=O) groups excluding carboxylic acids is 1. The molecule has 0 amide bonds. The molecule has 4 nitrogen and oxygen atoms in total. The lowest BCUT2D eigenvalue weighted by Crippen LogP contribution is -2.30. The van der Waals surface area contributed by atoms with Crippen LogP contribution in [-0.2, 0) is 9.53 Å². The molecule has 0 aromatic heterocycles. The van der Waals surface area contributed by atoms with E-state index in [-0.39, 0.29) is 28.7 Å². The Morgan fingerprint density at radius 3 is 2.77 bits per heavy atom. The van der Waals surface area contributed by atoms with Crippen LogP contribution in [0.4, 0.5) is 4.39 Å². The van der Waals surface area contributed by atoms with Gasteiger partial charge in [0, 0.05) is 24.0 Å². The van der Waals surface area contributed by atoms with Gasteiger partial charge in [0.1, 0.15) is 23.2 Å². The highest BCUT2D eigenvalue weighted by atomic mass is 19.1. The lowest BCUT2D eigenvalue weighted by Gasteiger charge is -2.33. The Bertz CT molecular complexity index is 758. The number of rotatable bonds is 1. The van der Waals surface area contributed by atoms with Gasteiger partial charge in [0.05, 0.1) is 5.92 Å². The molecule has 1 aromatic carbocycles. The Hall–Kier alpha value is -2.61. The predicted octanol–water partition coefficient (Wildman–Crippen LogP) is 2.89. The van der Waals surface area contributed by atoms with Gasteiger partial charge in [0.25, 0.3) is 0 Å². The van der Waals surface area contributed by atoms with Crippen LogP contribution in [0.25, 0.3) is 0 Å². The molecule has 0 fully saturated rings. The first-order valence-corrected chi connectivity index (χ1v) is 7.11. The molecule has 0 saturated carbocycles. The molecule has 0 bridgehead atoms. The van der Waals surface area contributed by atoms with Gasteiger partial charge in [-0.2, -0.15) is 5.26 Å². The molecule has 2 atom stereocenters. The number of benzene rings is 1. The highest BCUT2D eigenvalue weighted by molar-refractivity contribution is 5.99. The summed E-state index contributed by atoms with van der Waals surface area (Å²) in [6, 6.07) is 8.10. The van der Waals surface area contributed by atoms with Crippen LogP contribution in [0.2, 0.25) is 0 Å². The first-order valence-electron chi connectivity index (χ1n) is 7.11. The molecule has 22 heavy (non-hydrogen) atoms. The molecule has 2 N–H and O–H groups in total. The Kier molecular flexibility index (Phi) is 3.45. The van der Waals surface area contributed by atoms with Crippen molar-refractivity contribution in [3.8, 4) is 6.07 Å². The van der Waals surface area contributed by atoms with Gasteiger partial charge < -0.3 is 10.5 Å². The molecule has 1 aliphatic carbocycles. The molecule has 1 aliphatic heterocycles. The lowest BCUT2D eigenvalue weighted by molar-refractivity contribution is -0.117. The number of nitriles is 1. The smallest absolute Gasteiger partial charge is 0.205 e. The van der Waals surface area contributed by atoms with Crippen molar-refractivity contribution in [3.63, 3.8) is 0 Å². The normalized spacial score (nSPS) is 24.7. The Morgan fingerprint density at radius 1 is 1.36 bits per heavy atom. The minimum atomic E-state index is -0.782. The topological polar surface area (TPSA) is 76.1 Å². The van der Waals surface area contributed by atoms with Gasteiger partial charge in [0.15, 0.2) is 5.78 Å². The summed E-state index contributed by atoms with van der Waals surface area (Å²) in [7, 11) is 0. The number of nitrogens with two attached hydrogens (primary N) is 1. The van der Waals surface area contributed by atoms with Crippen molar-refractivity contribution in [2.75, 3.05) is 0 Å². The van der Waals surface area contributed by atoms with E-state index in [2.05, 4.69) is 0 Å². The molecule has 2 aliphatic rings. The van der Waals surface area contributed by atoms with Crippen LogP contribution < -0.4 is 5.73 Å². The van der Waals surface area contributed by atoms with E-state index in [1.807, 2.05) is 13.0 Å². The molecule has 1 heterocycles. The standard InChI is InChI=1S/C17H15FN2O2/c1-9-6-13(21)16-14(7-9)22-17(20)11(8-19)15(16)10-4-2-3-5-12(10)18/h2-5,9,15H,6-7,20H2,1H3/t9-,15-/m0/s1. The van der Waals surface area contributed by atoms with Crippen LogP contribution in [0, 0.1) is 23.1 Å². The van der Waals surface area contributed by atoms with Gasteiger partial charge in [-0.3, -0.25) is 4.79 Å². The van der Waals surface area contributed by atoms with Gasteiger partial charge in [0.2, 0.25) is 5.88 Å². The predicted molar refractivity (Wildman–Crippen MR) is 77.5 cm³/mol. The number of hydrogen-bond donors (Lipinski definition) is 1. The fraction of sp³-hybridized carbons (Fsp3) is 0.294. The molecular weight excluding hydrogens is 283 g/mol. The van der Waals surface area contributed by atoms with Crippen LogP contribution >= 0.6 is 0 Å². The summed E-state index contributed by atoms with van der Waals surface area (Å²) in [5, 5.41) is 9.39. The first kappa shape index (κ1) is 14.3. The molecule has 0 radical (unpaired) electrons. The maximum atomic E-state index is 14.2. The van der Waals surface area contributed by atoms with Gasteiger partial charge >= 0.3 is 0 Å². The maximum Gasteiger partial charge on any atom is 0.205 e. The summed E-state index contributed by atoms with van der Waals surface area (Å²) in [5.74, 6) is -0.792. The third-order valence-corrected chi connectivity index (χ3v) is 4.08. The Balaban J connectivity index is 2.22. The van der Waals surface area contributed by atoms with Gasteiger partial charge in [-0.15, -0.1) is 0 Å². The first-order chi connectivity index (χ1) is 10.5. The van der Waals surface area contributed by atoms with Crippen molar-refractivity contribution in [2.45, 2.75) is 25.7 Å². The molecule has 112 valence electrons. The number of ketones is 1. The zero-order chi connectivity index (χ0) is 15.9. The van der Waals surface area contributed by atoms with E-state index in [1.165, 1.54) is 6.07 Å². The fourth-order valence-corrected chi connectivity index (χ4v) is 3.11. The molecular formula is C17H15FN2O2. The lowest BCUT2D eigenvalue weighted by atomic mass is 9.75. The Morgan fingerprint density at radius 2 is 2.09 bits per heavy atom. The van der Waals surface area contributed by atoms with E-state index in [0.29, 0.717) is 24.2 Å². The number of carbonyl (C=O) groups is 1. The minimum Gasteiger partial charge on any atom is -0.444 e. The van der Waals surface area contributed by atoms with Gasteiger partial charge in [-0.25, -0.2) is 4.39 Å². The average Bonchev–Trinajstić information content (AvgIpc) is 2.46. The van der Waals surface area contributed by atoms with Crippen molar-refractivity contribution in [3.05, 3.63) is 58.4 Å². The quantitative estimate of drug-likeness (QED) is 0.865. The van der Waals surface area contributed by atoms with Crippen molar-refractivity contribution in [1.82, 2.24) is 0 Å². The molecule has 1 aromatic rings. The van der Waals surface area contributed by atoms with E-state index in [0.717, 1.165) is 0 Å².